The van der Waals surface area contributed by atoms with Crippen molar-refractivity contribution in [3.8, 4) is 0 Å². The van der Waals surface area contributed by atoms with Crippen molar-refractivity contribution in [2.45, 2.75) is 52.8 Å². The summed E-state index contributed by atoms with van der Waals surface area (Å²) in [5.74, 6) is 0.0921. The van der Waals surface area contributed by atoms with E-state index in [1.807, 2.05) is 44.2 Å². The number of amides is 2. The molecule has 0 spiro atoms. The Morgan fingerprint density at radius 1 is 1.20 bits per heavy atom. The number of carbonyl (C=O) groups excluding carboxylic acids is 2. The Hall–Kier alpha value is -1.75. The van der Waals surface area contributed by atoms with Crippen LogP contribution in [0.2, 0.25) is 0 Å². The Morgan fingerprint density at radius 2 is 1.80 bits per heavy atom. The molecule has 0 aliphatic rings. The highest BCUT2D eigenvalue weighted by Gasteiger charge is 2.30. The summed E-state index contributed by atoms with van der Waals surface area (Å²) in [5, 5.41) is 2.70. The van der Waals surface area contributed by atoms with Crippen molar-refractivity contribution in [2.75, 3.05) is 12.4 Å². The van der Waals surface area contributed by atoms with Gasteiger partial charge in [0.15, 0.2) is 0 Å². The van der Waals surface area contributed by atoms with Crippen molar-refractivity contribution in [1.82, 2.24) is 10.2 Å². The predicted octanol–water partition coefficient (Wildman–Crippen LogP) is 3.80. The highest BCUT2D eigenvalue weighted by Crippen LogP contribution is 2.13. The van der Waals surface area contributed by atoms with Gasteiger partial charge in [-0.25, -0.2) is 4.79 Å². The molecule has 0 bridgehead atoms. The highest BCUT2D eigenvalue weighted by atomic mass is 35.5. The van der Waals surface area contributed by atoms with E-state index in [-0.39, 0.29) is 11.8 Å². The molecule has 1 rings (SSSR count). The number of carbonyl (C=O) groups is 2. The van der Waals surface area contributed by atoms with Gasteiger partial charge in [-0.3, -0.25) is 4.79 Å². The van der Waals surface area contributed by atoms with Crippen molar-refractivity contribution in [2.24, 2.45) is 5.92 Å². The number of nitrogens with one attached hydrogen (secondary N) is 1. The molecule has 2 amide bonds. The second-order valence-electron chi connectivity index (χ2n) is 7.30. The van der Waals surface area contributed by atoms with E-state index in [0.717, 1.165) is 5.56 Å². The summed E-state index contributed by atoms with van der Waals surface area (Å²) in [7, 11) is 0. The number of ether oxygens (including phenoxy) is 1. The van der Waals surface area contributed by atoms with E-state index in [0.29, 0.717) is 19.0 Å². The third kappa shape index (κ3) is 7.78. The van der Waals surface area contributed by atoms with Gasteiger partial charge in [0, 0.05) is 19.0 Å². The molecule has 1 aromatic carbocycles. The Bertz CT molecular complexity index is 556. The van der Waals surface area contributed by atoms with Crippen LogP contribution in [0.3, 0.4) is 0 Å². The highest BCUT2D eigenvalue weighted by molar-refractivity contribution is 6.18. The molecular weight excluding hydrogens is 340 g/mol. The van der Waals surface area contributed by atoms with Gasteiger partial charge in [0.05, 0.1) is 0 Å². The third-order valence-corrected chi connectivity index (χ3v) is 3.66. The van der Waals surface area contributed by atoms with Crippen molar-refractivity contribution in [3.63, 3.8) is 0 Å². The van der Waals surface area contributed by atoms with Crippen LogP contribution >= 0.6 is 11.6 Å². The molecule has 0 saturated heterocycles. The Labute approximate surface area is 155 Å². The van der Waals surface area contributed by atoms with Crippen LogP contribution in [0.1, 0.15) is 40.2 Å². The zero-order valence-corrected chi connectivity index (χ0v) is 16.5. The largest absolute Gasteiger partial charge is 0.444 e. The fraction of sp³-hybridized carbons (Fsp3) is 0.579. The van der Waals surface area contributed by atoms with Crippen LogP contribution in [0.5, 0.6) is 0 Å². The van der Waals surface area contributed by atoms with Crippen LogP contribution in [0.25, 0.3) is 0 Å². The van der Waals surface area contributed by atoms with E-state index in [9.17, 15) is 9.59 Å². The predicted molar refractivity (Wildman–Crippen MR) is 101 cm³/mol. The van der Waals surface area contributed by atoms with Crippen LogP contribution in [0.15, 0.2) is 30.3 Å². The molecule has 0 radical (unpaired) electrons. The molecule has 1 atom stereocenters. The Balaban J connectivity index is 2.87. The first-order valence-electron chi connectivity index (χ1n) is 8.52. The van der Waals surface area contributed by atoms with Gasteiger partial charge in [-0.1, -0.05) is 44.2 Å². The number of alkyl carbamates (subject to hydrolysis) is 1. The van der Waals surface area contributed by atoms with E-state index < -0.39 is 17.7 Å². The smallest absolute Gasteiger partial charge is 0.408 e. The van der Waals surface area contributed by atoms with Gasteiger partial charge in [0.1, 0.15) is 11.6 Å². The second kappa shape index (κ2) is 9.66. The molecule has 0 heterocycles. The summed E-state index contributed by atoms with van der Waals surface area (Å²) in [6.07, 6.45) is -0.593. The third-order valence-electron chi connectivity index (χ3n) is 3.49. The van der Waals surface area contributed by atoms with Gasteiger partial charge >= 0.3 is 6.09 Å². The summed E-state index contributed by atoms with van der Waals surface area (Å²) in [6, 6.07) is 9.04. The molecule has 1 aromatic rings. The average Bonchev–Trinajstić information content (AvgIpc) is 2.50. The van der Waals surface area contributed by atoms with Gasteiger partial charge < -0.3 is 15.0 Å². The maximum absolute atomic E-state index is 13.0. The van der Waals surface area contributed by atoms with Gasteiger partial charge in [0.25, 0.3) is 0 Å². The maximum Gasteiger partial charge on any atom is 0.408 e. The lowest BCUT2D eigenvalue weighted by molar-refractivity contribution is -0.135. The SMILES string of the molecule is CC(C)C(NC(=O)OC(C)(C)C)C(=O)N(CCCl)Cc1ccccc1. The lowest BCUT2D eigenvalue weighted by Crippen LogP contribution is -2.52. The minimum atomic E-state index is -0.665. The molecule has 0 aromatic heterocycles. The van der Waals surface area contributed by atoms with E-state index in [2.05, 4.69) is 5.32 Å². The van der Waals surface area contributed by atoms with Gasteiger partial charge in [-0.2, -0.15) is 0 Å². The zero-order chi connectivity index (χ0) is 19.0. The summed E-state index contributed by atoms with van der Waals surface area (Å²) >= 11 is 5.88. The van der Waals surface area contributed by atoms with Crippen molar-refractivity contribution in [3.05, 3.63) is 35.9 Å². The van der Waals surface area contributed by atoms with Gasteiger partial charge in [-0.05, 0) is 32.3 Å². The quantitative estimate of drug-likeness (QED) is 0.744. The van der Waals surface area contributed by atoms with Crippen molar-refractivity contribution < 1.29 is 14.3 Å². The molecule has 1 unspecified atom stereocenters. The topological polar surface area (TPSA) is 58.6 Å². The minimum Gasteiger partial charge on any atom is -0.444 e. The van der Waals surface area contributed by atoms with E-state index >= 15 is 0 Å². The van der Waals surface area contributed by atoms with Gasteiger partial charge in [0.2, 0.25) is 5.91 Å². The Morgan fingerprint density at radius 3 is 2.28 bits per heavy atom. The Kier molecular flexibility index (Phi) is 8.23. The number of hydrogen-bond acceptors (Lipinski definition) is 3. The number of rotatable bonds is 7. The average molecular weight is 369 g/mol. The molecule has 0 saturated carbocycles. The maximum atomic E-state index is 13.0. The molecule has 5 nitrogen and oxygen atoms in total. The molecule has 140 valence electrons. The summed E-state index contributed by atoms with van der Waals surface area (Å²) in [6.45, 7) is 10.00. The van der Waals surface area contributed by atoms with Crippen LogP contribution < -0.4 is 5.32 Å². The van der Waals surface area contributed by atoms with E-state index in [4.69, 9.17) is 16.3 Å². The zero-order valence-electron chi connectivity index (χ0n) is 15.7. The van der Waals surface area contributed by atoms with Crippen LogP contribution in [-0.2, 0) is 16.1 Å². The van der Waals surface area contributed by atoms with Crippen LogP contribution in [0, 0.1) is 5.92 Å². The fourth-order valence-electron chi connectivity index (χ4n) is 2.32. The first kappa shape index (κ1) is 21.3. The first-order valence-corrected chi connectivity index (χ1v) is 9.05. The monoisotopic (exact) mass is 368 g/mol. The molecule has 0 aliphatic carbocycles. The number of benzene rings is 1. The van der Waals surface area contributed by atoms with Crippen LogP contribution in [0.4, 0.5) is 4.79 Å². The molecular formula is C19H29ClN2O3. The molecule has 25 heavy (non-hydrogen) atoms. The lowest BCUT2D eigenvalue weighted by atomic mass is 10.0. The van der Waals surface area contributed by atoms with Gasteiger partial charge in [-0.15, -0.1) is 11.6 Å². The molecule has 6 heteroatoms. The molecule has 0 aliphatic heterocycles. The van der Waals surface area contributed by atoms with Crippen molar-refractivity contribution >= 4 is 23.6 Å². The van der Waals surface area contributed by atoms with E-state index in [1.165, 1.54) is 0 Å². The molecule has 0 fully saturated rings. The lowest BCUT2D eigenvalue weighted by Gasteiger charge is -2.30. The standard InChI is InChI=1S/C19H29ClN2O3/c1-14(2)16(21-18(24)25-19(3,4)5)17(23)22(12-11-20)13-15-9-7-6-8-10-15/h6-10,14,16H,11-13H2,1-5H3,(H,21,24). The summed E-state index contributed by atoms with van der Waals surface area (Å²) in [5.41, 5.74) is 0.398. The minimum absolute atomic E-state index is 0.0754. The summed E-state index contributed by atoms with van der Waals surface area (Å²) in [4.78, 5) is 26.7. The second-order valence-corrected chi connectivity index (χ2v) is 7.68. The summed E-state index contributed by atoms with van der Waals surface area (Å²) < 4.78 is 5.28. The number of nitrogens with zero attached hydrogens (tertiary/aromatic N) is 1. The van der Waals surface area contributed by atoms with E-state index in [1.54, 1.807) is 25.7 Å². The normalized spacial score (nSPS) is 12.6. The van der Waals surface area contributed by atoms with Crippen molar-refractivity contribution in [1.29, 1.82) is 0 Å². The van der Waals surface area contributed by atoms with Crippen LogP contribution in [-0.4, -0.2) is 41.0 Å². The number of hydrogen-bond donors (Lipinski definition) is 1. The number of halogens is 1. The molecule has 1 N–H and O–H groups in total. The first-order chi connectivity index (χ1) is 11.6. The fourth-order valence-corrected chi connectivity index (χ4v) is 2.52. The number of alkyl halides is 1.